The van der Waals surface area contributed by atoms with Gasteiger partial charge in [0.15, 0.2) is 0 Å². The first kappa shape index (κ1) is 9.69. The lowest BCUT2D eigenvalue weighted by molar-refractivity contribution is 1.62. The molecule has 0 spiro atoms. The molecule has 0 bridgehead atoms. The van der Waals surface area contributed by atoms with Crippen molar-refractivity contribution < 1.29 is 0 Å². The Hall–Kier alpha value is 0.140. The summed E-state index contributed by atoms with van der Waals surface area (Å²) in [4.78, 5) is 0. The summed E-state index contributed by atoms with van der Waals surface area (Å²) in [5, 5.41) is 2.43. The van der Waals surface area contributed by atoms with Gasteiger partial charge in [-0.05, 0) is 48.7 Å². The minimum atomic E-state index is 1.07. The van der Waals surface area contributed by atoms with E-state index in [1.54, 1.807) is 0 Å². The summed E-state index contributed by atoms with van der Waals surface area (Å²) in [6.45, 7) is 0. The van der Waals surface area contributed by atoms with E-state index in [0.29, 0.717) is 0 Å². The van der Waals surface area contributed by atoms with Crippen molar-refractivity contribution in [2.45, 2.75) is 0 Å². The number of benzene rings is 2. The number of rotatable bonds is 0. The van der Waals surface area contributed by atoms with Crippen LogP contribution >= 0.6 is 47.8 Å². The van der Waals surface area contributed by atoms with Gasteiger partial charge >= 0.3 is 0 Å². The topological polar surface area (TPSA) is 0 Å². The van der Waals surface area contributed by atoms with Gasteiger partial charge in [-0.1, -0.05) is 40.2 Å². The number of fused-ring (bicyclic) bond motifs is 1. The molecule has 0 atom stereocenters. The van der Waals surface area contributed by atoms with Crippen LogP contribution in [-0.2, 0) is 0 Å². The normalized spacial score (nSPS) is 10.7. The van der Waals surface area contributed by atoms with Gasteiger partial charge in [0, 0.05) is 13.4 Å². The van der Waals surface area contributed by atoms with Crippen LogP contribution in [0.25, 0.3) is 10.8 Å². The average molecular weight is 365 g/mol. The molecule has 66 valence electrons. The van der Waals surface area contributed by atoms with Crippen LogP contribution < -0.4 is 0 Å². The van der Waals surface area contributed by atoms with Gasteiger partial charge in [-0.2, -0.15) is 0 Å². The molecule has 0 unspecified atom stereocenters. The van der Waals surface area contributed by atoms with Gasteiger partial charge in [0.05, 0.1) is 0 Å². The average Bonchev–Trinajstić information content (AvgIpc) is 2.15. The van der Waals surface area contributed by atoms with E-state index in [1.807, 2.05) is 18.2 Å². The van der Waals surface area contributed by atoms with Crippen LogP contribution in [0.1, 0.15) is 0 Å². The third kappa shape index (κ3) is 1.69. The zero-order valence-electron chi connectivity index (χ0n) is 6.52. The van der Waals surface area contributed by atoms with Crippen LogP contribution in [-0.4, -0.2) is 0 Å². The Morgan fingerprint density at radius 1 is 0.769 bits per heavy atom. The quantitative estimate of drug-likeness (QED) is 0.569. The fourth-order valence-corrected chi connectivity index (χ4v) is 3.05. The highest BCUT2D eigenvalue weighted by atomic mass is 79.9. The minimum Gasteiger partial charge on any atom is -0.0616 e. The Morgan fingerprint density at radius 3 is 2.08 bits per heavy atom. The Morgan fingerprint density at radius 2 is 1.38 bits per heavy atom. The molecule has 2 aromatic rings. The fourth-order valence-electron chi connectivity index (χ4n) is 1.26. The Labute approximate surface area is 102 Å². The second-order valence-electron chi connectivity index (χ2n) is 2.70. The molecule has 0 aromatic heterocycles. The van der Waals surface area contributed by atoms with Crippen molar-refractivity contribution in [1.82, 2.24) is 0 Å². The molecule has 0 heterocycles. The molecule has 0 saturated carbocycles. The fraction of sp³-hybridized carbons (Fsp3) is 0. The summed E-state index contributed by atoms with van der Waals surface area (Å²) in [6.07, 6.45) is 0. The zero-order valence-corrected chi connectivity index (χ0v) is 11.3. The summed E-state index contributed by atoms with van der Waals surface area (Å²) in [7, 11) is 0. The minimum absolute atomic E-state index is 1.07. The molecule has 0 radical (unpaired) electrons. The van der Waals surface area contributed by atoms with Crippen molar-refractivity contribution in [3.05, 3.63) is 43.7 Å². The van der Waals surface area contributed by atoms with Crippen molar-refractivity contribution in [3.8, 4) is 0 Å². The highest BCUT2D eigenvalue weighted by Crippen LogP contribution is 2.36. The van der Waals surface area contributed by atoms with Gasteiger partial charge in [0.1, 0.15) is 0 Å². The summed E-state index contributed by atoms with van der Waals surface area (Å²) in [5.41, 5.74) is 0. The maximum absolute atomic E-state index is 3.55. The maximum Gasteiger partial charge on any atom is 0.0396 e. The van der Waals surface area contributed by atoms with Crippen LogP contribution in [0.5, 0.6) is 0 Å². The second kappa shape index (κ2) is 3.71. The van der Waals surface area contributed by atoms with Gasteiger partial charge in [-0.15, -0.1) is 0 Å². The lowest BCUT2D eigenvalue weighted by Crippen LogP contribution is -1.78. The molecule has 0 aliphatic carbocycles. The van der Waals surface area contributed by atoms with Crippen molar-refractivity contribution in [3.63, 3.8) is 0 Å². The highest BCUT2D eigenvalue weighted by Gasteiger charge is 2.05. The third-order valence-corrected chi connectivity index (χ3v) is 4.55. The monoisotopic (exact) mass is 362 g/mol. The highest BCUT2D eigenvalue weighted by molar-refractivity contribution is 9.13. The SMILES string of the molecule is Brc1cc(Br)c2ccccc2c1Br. The van der Waals surface area contributed by atoms with Crippen LogP contribution in [0.3, 0.4) is 0 Å². The third-order valence-electron chi connectivity index (χ3n) is 1.88. The van der Waals surface area contributed by atoms with E-state index >= 15 is 0 Å². The summed E-state index contributed by atoms with van der Waals surface area (Å²) < 4.78 is 3.28. The van der Waals surface area contributed by atoms with Gasteiger partial charge < -0.3 is 0 Å². The molecular weight excluding hydrogens is 360 g/mol. The molecule has 0 fully saturated rings. The van der Waals surface area contributed by atoms with Gasteiger partial charge in [-0.3, -0.25) is 0 Å². The first-order valence-corrected chi connectivity index (χ1v) is 6.10. The number of hydrogen-bond donors (Lipinski definition) is 0. The van der Waals surface area contributed by atoms with Crippen LogP contribution in [0.2, 0.25) is 0 Å². The van der Waals surface area contributed by atoms with Gasteiger partial charge in [0.25, 0.3) is 0 Å². The van der Waals surface area contributed by atoms with Gasteiger partial charge in [-0.25, -0.2) is 0 Å². The molecule has 0 aliphatic rings. The molecule has 0 amide bonds. The zero-order chi connectivity index (χ0) is 9.42. The lowest BCUT2D eigenvalue weighted by Gasteiger charge is -2.04. The van der Waals surface area contributed by atoms with Crippen LogP contribution in [0, 0.1) is 0 Å². The number of halogens is 3. The molecule has 2 rings (SSSR count). The molecule has 0 nitrogen and oxygen atoms in total. The van der Waals surface area contributed by atoms with E-state index in [2.05, 4.69) is 59.9 Å². The predicted octanol–water partition coefficient (Wildman–Crippen LogP) is 5.13. The van der Waals surface area contributed by atoms with E-state index in [-0.39, 0.29) is 0 Å². The molecule has 0 saturated heterocycles. The molecule has 0 N–H and O–H groups in total. The van der Waals surface area contributed by atoms with E-state index in [1.165, 1.54) is 10.8 Å². The van der Waals surface area contributed by atoms with Crippen molar-refractivity contribution in [2.75, 3.05) is 0 Å². The summed E-state index contributed by atoms with van der Waals surface area (Å²) in [6, 6.07) is 10.3. The van der Waals surface area contributed by atoms with Crippen LogP contribution in [0.15, 0.2) is 43.7 Å². The van der Waals surface area contributed by atoms with Crippen molar-refractivity contribution in [1.29, 1.82) is 0 Å². The maximum atomic E-state index is 3.55. The Balaban J connectivity index is 2.97. The Kier molecular flexibility index (Phi) is 2.77. The molecule has 13 heavy (non-hydrogen) atoms. The molecule has 2 aromatic carbocycles. The molecule has 0 aliphatic heterocycles. The first-order chi connectivity index (χ1) is 6.20. The summed E-state index contributed by atoms with van der Waals surface area (Å²) >= 11 is 10.6. The largest absolute Gasteiger partial charge is 0.0616 e. The molecular formula is C10H5Br3. The van der Waals surface area contributed by atoms with E-state index in [9.17, 15) is 0 Å². The van der Waals surface area contributed by atoms with Crippen LogP contribution in [0.4, 0.5) is 0 Å². The first-order valence-electron chi connectivity index (χ1n) is 3.72. The lowest BCUT2D eigenvalue weighted by atomic mass is 10.1. The Bertz CT molecular complexity index is 463. The predicted molar refractivity (Wildman–Crippen MR) is 67.0 cm³/mol. The van der Waals surface area contributed by atoms with E-state index < -0.39 is 0 Å². The van der Waals surface area contributed by atoms with Crippen molar-refractivity contribution in [2.24, 2.45) is 0 Å². The second-order valence-corrected chi connectivity index (χ2v) is 5.20. The smallest absolute Gasteiger partial charge is 0.0396 e. The standard InChI is InChI=1S/C10H5Br3/c11-8-5-9(12)10(13)7-4-2-1-3-6(7)8/h1-5H. The van der Waals surface area contributed by atoms with E-state index in [4.69, 9.17) is 0 Å². The molecule has 3 heteroatoms. The van der Waals surface area contributed by atoms with E-state index in [0.717, 1.165) is 13.4 Å². The van der Waals surface area contributed by atoms with Crippen molar-refractivity contribution >= 4 is 58.6 Å². The number of hydrogen-bond acceptors (Lipinski definition) is 0. The van der Waals surface area contributed by atoms with Gasteiger partial charge in [0.2, 0.25) is 0 Å². The summed E-state index contributed by atoms with van der Waals surface area (Å²) in [5.74, 6) is 0.